The first-order valence-corrected chi connectivity index (χ1v) is 6.19. The Morgan fingerprint density at radius 1 is 1.35 bits per heavy atom. The summed E-state index contributed by atoms with van der Waals surface area (Å²) in [6.07, 6.45) is 1.13. The number of benzene rings is 1. The molecule has 1 heterocycles. The van der Waals surface area contributed by atoms with E-state index in [-0.39, 0.29) is 5.91 Å². The van der Waals surface area contributed by atoms with Gasteiger partial charge in [-0.05, 0) is 31.0 Å². The normalized spacial score (nSPS) is 17.8. The Morgan fingerprint density at radius 3 is 2.75 bits per heavy atom. The Morgan fingerprint density at radius 2 is 2.10 bits per heavy atom. The summed E-state index contributed by atoms with van der Waals surface area (Å²) in [6, 6.07) is 4.75. The van der Waals surface area contributed by atoms with Crippen molar-refractivity contribution < 1.29 is 19.5 Å². The van der Waals surface area contributed by atoms with E-state index in [0.29, 0.717) is 30.6 Å². The maximum atomic E-state index is 12.3. The molecule has 1 unspecified atom stereocenters. The van der Waals surface area contributed by atoms with Gasteiger partial charge in [0.25, 0.3) is 5.91 Å². The van der Waals surface area contributed by atoms with Gasteiger partial charge in [0.2, 0.25) is 0 Å². The SMILES string of the molecule is NC(=O)Nc1cccc(C(=O)N2CCCC2C(=O)O)c1. The number of rotatable bonds is 3. The van der Waals surface area contributed by atoms with Crippen molar-refractivity contribution in [1.29, 1.82) is 0 Å². The minimum atomic E-state index is -0.998. The number of carboxylic acid groups (broad SMARTS) is 1. The molecule has 1 aromatic rings. The van der Waals surface area contributed by atoms with E-state index >= 15 is 0 Å². The molecule has 1 aromatic carbocycles. The fourth-order valence-corrected chi connectivity index (χ4v) is 2.30. The van der Waals surface area contributed by atoms with Crippen molar-refractivity contribution in [1.82, 2.24) is 4.90 Å². The lowest BCUT2D eigenvalue weighted by Crippen LogP contribution is -2.40. The summed E-state index contributed by atoms with van der Waals surface area (Å²) in [4.78, 5) is 35.5. The lowest BCUT2D eigenvalue weighted by Gasteiger charge is -2.21. The van der Waals surface area contributed by atoms with Crippen molar-refractivity contribution in [2.24, 2.45) is 5.73 Å². The molecule has 1 atom stereocenters. The second-order valence-electron chi connectivity index (χ2n) is 4.56. The number of nitrogens with one attached hydrogen (secondary N) is 1. The lowest BCUT2D eigenvalue weighted by molar-refractivity contribution is -0.141. The zero-order valence-corrected chi connectivity index (χ0v) is 10.7. The molecule has 0 aromatic heterocycles. The number of primary amides is 1. The first kappa shape index (κ1) is 13.9. The van der Waals surface area contributed by atoms with Crippen LogP contribution in [-0.4, -0.2) is 40.5 Å². The predicted octanol–water partition coefficient (Wildman–Crippen LogP) is 0.866. The van der Waals surface area contributed by atoms with Gasteiger partial charge in [0.15, 0.2) is 0 Å². The fourth-order valence-electron chi connectivity index (χ4n) is 2.30. The van der Waals surface area contributed by atoms with Crippen molar-refractivity contribution in [2.45, 2.75) is 18.9 Å². The highest BCUT2D eigenvalue weighted by atomic mass is 16.4. The molecule has 2 rings (SSSR count). The molecule has 1 fully saturated rings. The van der Waals surface area contributed by atoms with Gasteiger partial charge in [0, 0.05) is 17.8 Å². The predicted molar refractivity (Wildman–Crippen MR) is 71.3 cm³/mol. The van der Waals surface area contributed by atoms with E-state index in [1.165, 1.54) is 11.0 Å². The molecule has 3 amide bonds. The first-order chi connectivity index (χ1) is 9.49. The molecule has 0 radical (unpaired) electrons. The average molecular weight is 277 g/mol. The largest absolute Gasteiger partial charge is 0.480 e. The number of aliphatic carboxylic acids is 1. The van der Waals surface area contributed by atoms with Gasteiger partial charge in [0.1, 0.15) is 6.04 Å². The van der Waals surface area contributed by atoms with Crippen LogP contribution in [0.15, 0.2) is 24.3 Å². The molecule has 20 heavy (non-hydrogen) atoms. The highest BCUT2D eigenvalue weighted by Crippen LogP contribution is 2.21. The van der Waals surface area contributed by atoms with E-state index in [1.807, 2.05) is 0 Å². The molecule has 1 aliphatic rings. The maximum Gasteiger partial charge on any atom is 0.326 e. The molecule has 106 valence electrons. The van der Waals surface area contributed by atoms with Gasteiger partial charge < -0.3 is 21.1 Å². The third-order valence-electron chi connectivity index (χ3n) is 3.18. The number of nitrogens with zero attached hydrogens (tertiary/aromatic N) is 1. The van der Waals surface area contributed by atoms with Crippen LogP contribution in [0, 0.1) is 0 Å². The van der Waals surface area contributed by atoms with Crippen LogP contribution in [0.4, 0.5) is 10.5 Å². The van der Waals surface area contributed by atoms with Crippen LogP contribution in [0.3, 0.4) is 0 Å². The van der Waals surface area contributed by atoms with Crippen LogP contribution in [-0.2, 0) is 4.79 Å². The third kappa shape index (κ3) is 2.87. The molecule has 4 N–H and O–H groups in total. The lowest BCUT2D eigenvalue weighted by atomic mass is 10.1. The molecule has 1 saturated heterocycles. The van der Waals surface area contributed by atoms with E-state index in [1.54, 1.807) is 18.2 Å². The molecule has 0 spiro atoms. The van der Waals surface area contributed by atoms with Crippen LogP contribution >= 0.6 is 0 Å². The van der Waals surface area contributed by atoms with Crippen molar-refractivity contribution in [3.05, 3.63) is 29.8 Å². The number of urea groups is 1. The quantitative estimate of drug-likeness (QED) is 0.760. The zero-order chi connectivity index (χ0) is 14.7. The molecule has 7 nitrogen and oxygen atoms in total. The van der Waals surface area contributed by atoms with E-state index in [2.05, 4.69) is 5.32 Å². The number of carbonyl (C=O) groups excluding carboxylic acids is 2. The van der Waals surface area contributed by atoms with Crippen LogP contribution in [0.5, 0.6) is 0 Å². The van der Waals surface area contributed by atoms with E-state index in [4.69, 9.17) is 10.8 Å². The minimum absolute atomic E-state index is 0.324. The van der Waals surface area contributed by atoms with Gasteiger partial charge in [-0.15, -0.1) is 0 Å². The second-order valence-corrected chi connectivity index (χ2v) is 4.56. The van der Waals surface area contributed by atoms with Gasteiger partial charge in [-0.25, -0.2) is 9.59 Å². The van der Waals surface area contributed by atoms with Gasteiger partial charge >= 0.3 is 12.0 Å². The van der Waals surface area contributed by atoms with Crippen molar-refractivity contribution >= 4 is 23.6 Å². The number of likely N-dealkylation sites (tertiary alicyclic amines) is 1. The molecule has 0 aliphatic carbocycles. The Balaban J connectivity index is 2.20. The van der Waals surface area contributed by atoms with E-state index < -0.39 is 18.0 Å². The molecule has 1 aliphatic heterocycles. The summed E-state index contributed by atoms with van der Waals surface area (Å²) in [6.45, 7) is 0.420. The highest BCUT2D eigenvalue weighted by molar-refractivity contribution is 5.98. The van der Waals surface area contributed by atoms with E-state index in [9.17, 15) is 14.4 Å². The van der Waals surface area contributed by atoms with Crippen molar-refractivity contribution in [2.75, 3.05) is 11.9 Å². The highest BCUT2D eigenvalue weighted by Gasteiger charge is 2.34. The molecule has 0 saturated carbocycles. The topological polar surface area (TPSA) is 113 Å². The average Bonchev–Trinajstić information content (AvgIpc) is 2.86. The Hall–Kier alpha value is -2.57. The fraction of sp³-hybridized carbons (Fsp3) is 0.308. The molecule has 0 bridgehead atoms. The number of anilines is 1. The Bertz CT molecular complexity index is 558. The zero-order valence-electron chi connectivity index (χ0n) is 10.7. The Kier molecular flexibility index (Phi) is 3.88. The number of hydrogen-bond acceptors (Lipinski definition) is 3. The number of hydrogen-bond donors (Lipinski definition) is 3. The van der Waals surface area contributed by atoms with Crippen LogP contribution in [0.25, 0.3) is 0 Å². The summed E-state index contributed by atoms with van der Waals surface area (Å²) >= 11 is 0. The standard InChI is InChI=1S/C13H15N3O4/c14-13(20)15-9-4-1-3-8(7-9)11(17)16-6-2-5-10(16)12(18)19/h1,3-4,7,10H,2,5-6H2,(H,18,19)(H3,14,15,20). The number of nitrogens with two attached hydrogens (primary N) is 1. The van der Waals surface area contributed by atoms with E-state index in [0.717, 1.165) is 0 Å². The monoisotopic (exact) mass is 277 g/mol. The maximum absolute atomic E-state index is 12.3. The van der Waals surface area contributed by atoms with Crippen LogP contribution in [0.2, 0.25) is 0 Å². The molecular formula is C13H15N3O4. The summed E-state index contributed by atoms with van der Waals surface area (Å²) < 4.78 is 0. The number of carboxylic acids is 1. The van der Waals surface area contributed by atoms with Gasteiger partial charge in [0.05, 0.1) is 0 Å². The van der Waals surface area contributed by atoms with Gasteiger partial charge in [-0.3, -0.25) is 4.79 Å². The van der Waals surface area contributed by atoms with Crippen LogP contribution in [0.1, 0.15) is 23.2 Å². The third-order valence-corrected chi connectivity index (χ3v) is 3.18. The molecular weight excluding hydrogens is 262 g/mol. The second kappa shape index (κ2) is 5.60. The number of carbonyl (C=O) groups is 3. The summed E-state index contributed by atoms with van der Waals surface area (Å²) in [5, 5.41) is 11.5. The summed E-state index contributed by atoms with van der Waals surface area (Å²) in [5.41, 5.74) is 5.73. The smallest absolute Gasteiger partial charge is 0.326 e. The van der Waals surface area contributed by atoms with Crippen molar-refractivity contribution in [3.8, 4) is 0 Å². The number of amides is 3. The Labute approximate surface area is 115 Å². The van der Waals surface area contributed by atoms with Crippen molar-refractivity contribution in [3.63, 3.8) is 0 Å². The van der Waals surface area contributed by atoms with Gasteiger partial charge in [-0.1, -0.05) is 6.07 Å². The van der Waals surface area contributed by atoms with Gasteiger partial charge in [-0.2, -0.15) is 0 Å². The summed E-state index contributed by atoms with van der Waals surface area (Å²) in [5.74, 6) is -1.36. The minimum Gasteiger partial charge on any atom is -0.480 e. The first-order valence-electron chi connectivity index (χ1n) is 6.19. The van der Waals surface area contributed by atoms with Crippen LogP contribution < -0.4 is 11.1 Å². The molecule has 7 heteroatoms. The summed E-state index contributed by atoms with van der Waals surface area (Å²) in [7, 11) is 0.